The second kappa shape index (κ2) is 8.93. The van der Waals surface area contributed by atoms with Gasteiger partial charge in [-0.25, -0.2) is 0 Å². The van der Waals surface area contributed by atoms with Crippen molar-refractivity contribution in [2.24, 2.45) is 0 Å². The number of nitrogens with zero attached hydrogens (tertiary/aromatic N) is 2. The van der Waals surface area contributed by atoms with E-state index in [1.165, 1.54) is 12.1 Å². The topological polar surface area (TPSA) is 116 Å². The van der Waals surface area contributed by atoms with Crippen LogP contribution < -0.4 is 4.18 Å². The molecule has 0 saturated heterocycles. The Hall–Kier alpha value is -2.50. The Labute approximate surface area is 164 Å². The van der Waals surface area contributed by atoms with Gasteiger partial charge in [-0.15, -0.1) is 0 Å². The molecule has 0 aliphatic carbocycles. The third-order valence-electron chi connectivity index (χ3n) is 3.38. The number of hydrogen-bond acceptors (Lipinski definition) is 7. The second-order valence-corrected chi connectivity index (χ2v) is 7.69. The molecule has 0 saturated carbocycles. The van der Waals surface area contributed by atoms with Crippen molar-refractivity contribution in [3.63, 3.8) is 0 Å². The maximum absolute atomic E-state index is 12.7. The number of nitro benzene ring substituents is 1. The molecule has 0 aromatic heterocycles. The number of nitro groups is 1. The molecule has 11 heteroatoms. The predicted molar refractivity (Wildman–Crippen MR) is 99.2 cm³/mol. The van der Waals surface area contributed by atoms with E-state index in [4.69, 9.17) is 4.18 Å². The van der Waals surface area contributed by atoms with Crippen LogP contribution >= 0.6 is 15.9 Å². The molecule has 0 aliphatic heterocycles. The van der Waals surface area contributed by atoms with Gasteiger partial charge in [0, 0.05) is 17.1 Å². The van der Waals surface area contributed by atoms with E-state index < -0.39 is 39.2 Å². The largest absolute Gasteiger partial charge is 0.468 e. The van der Waals surface area contributed by atoms with E-state index in [-0.39, 0.29) is 6.54 Å². The number of halogens is 1. The molecule has 2 aromatic rings. The molecule has 0 amide bonds. The highest BCUT2D eigenvalue weighted by atomic mass is 79.9. The Balaban J connectivity index is 2.33. The van der Waals surface area contributed by atoms with E-state index in [1.807, 2.05) is 0 Å². The molecule has 27 heavy (non-hydrogen) atoms. The molecule has 2 rings (SSSR count). The smallest absolute Gasteiger partial charge is 0.386 e. The quantitative estimate of drug-likeness (QED) is 0.339. The number of ether oxygens (including phenoxy) is 1. The van der Waals surface area contributed by atoms with Crippen LogP contribution in [0.25, 0.3) is 0 Å². The minimum absolute atomic E-state index is 0.189. The molecular weight excluding hydrogens is 444 g/mol. The SMILES string of the molecule is COC(=O)CN(Cc1ccc(Br)cc1)S(=O)(=O)Oc1ccccc1[N+](=O)[O-]. The maximum atomic E-state index is 12.7. The Morgan fingerprint density at radius 2 is 1.81 bits per heavy atom. The summed E-state index contributed by atoms with van der Waals surface area (Å²) in [5.41, 5.74) is 0.0691. The molecule has 0 spiro atoms. The van der Waals surface area contributed by atoms with E-state index >= 15 is 0 Å². The zero-order valence-electron chi connectivity index (χ0n) is 14.1. The van der Waals surface area contributed by atoms with Crippen LogP contribution in [0, 0.1) is 10.1 Å². The van der Waals surface area contributed by atoms with Crippen LogP contribution in [0.5, 0.6) is 5.75 Å². The van der Waals surface area contributed by atoms with Crippen molar-refractivity contribution in [2.45, 2.75) is 6.54 Å². The molecule has 0 atom stereocenters. The van der Waals surface area contributed by atoms with Gasteiger partial charge < -0.3 is 8.92 Å². The van der Waals surface area contributed by atoms with Crippen LogP contribution in [0.1, 0.15) is 5.56 Å². The van der Waals surface area contributed by atoms with E-state index in [0.717, 1.165) is 28.0 Å². The third kappa shape index (κ3) is 5.74. The number of carbonyl (C=O) groups is 1. The van der Waals surface area contributed by atoms with Gasteiger partial charge in [-0.05, 0) is 23.8 Å². The molecule has 0 heterocycles. The van der Waals surface area contributed by atoms with Gasteiger partial charge in [-0.2, -0.15) is 12.7 Å². The highest BCUT2D eigenvalue weighted by Crippen LogP contribution is 2.28. The molecule has 0 radical (unpaired) electrons. The van der Waals surface area contributed by atoms with Gasteiger partial charge in [0.05, 0.1) is 12.0 Å². The van der Waals surface area contributed by atoms with Gasteiger partial charge in [0.15, 0.2) is 0 Å². The lowest BCUT2D eigenvalue weighted by Gasteiger charge is -2.20. The summed E-state index contributed by atoms with van der Waals surface area (Å²) in [5.74, 6) is -1.25. The summed E-state index contributed by atoms with van der Waals surface area (Å²) in [6, 6.07) is 11.8. The number of benzene rings is 2. The minimum Gasteiger partial charge on any atom is -0.468 e. The van der Waals surface area contributed by atoms with Gasteiger partial charge in [-0.3, -0.25) is 14.9 Å². The first-order valence-corrected chi connectivity index (χ1v) is 9.63. The second-order valence-electron chi connectivity index (χ2n) is 5.24. The lowest BCUT2D eigenvalue weighted by Crippen LogP contribution is -2.38. The van der Waals surface area contributed by atoms with Gasteiger partial charge >= 0.3 is 22.0 Å². The monoisotopic (exact) mass is 458 g/mol. The van der Waals surface area contributed by atoms with Crippen LogP contribution in [0.15, 0.2) is 53.0 Å². The first-order valence-electron chi connectivity index (χ1n) is 7.47. The summed E-state index contributed by atoms with van der Waals surface area (Å²) < 4.78 is 36.3. The Bertz CT molecular complexity index is 932. The highest BCUT2D eigenvalue weighted by molar-refractivity contribution is 9.10. The standard InChI is InChI=1S/C16H15BrN2O7S/c1-25-16(20)11-18(10-12-6-8-13(17)9-7-12)27(23,24)26-15-5-3-2-4-14(15)19(21)22/h2-9H,10-11H2,1H3. The Morgan fingerprint density at radius 1 is 1.19 bits per heavy atom. The number of methoxy groups -OCH3 is 1. The van der Waals surface area contributed by atoms with Crippen molar-refractivity contribution in [1.82, 2.24) is 4.31 Å². The summed E-state index contributed by atoms with van der Waals surface area (Å²) in [7, 11) is -3.41. The highest BCUT2D eigenvalue weighted by Gasteiger charge is 2.30. The average molecular weight is 459 g/mol. The molecule has 9 nitrogen and oxygen atoms in total. The summed E-state index contributed by atoms with van der Waals surface area (Å²) in [4.78, 5) is 21.9. The number of hydrogen-bond donors (Lipinski definition) is 0. The van der Waals surface area contributed by atoms with Crippen LogP contribution in [0.4, 0.5) is 5.69 Å². The Morgan fingerprint density at radius 3 is 2.41 bits per heavy atom. The van der Waals surface area contributed by atoms with Gasteiger partial charge in [0.25, 0.3) is 0 Å². The van der Waals surface area contributed by atoms with Crippen LogP contribution in [-0.2, 0) is 26.4 Å². The molecule has 2 aromatic carbocycles. The van der Waals surface area contributed by atoms with Crippen LogP contribution in [0.3, 0.4) is 0 Å². The van der Waals surface area contributed by atoms with Gasteiger partial charge in [0.1, 0.15) is 6.54 Å². The van der Waals surface area contributed by atoms with Crippen molar-refractivity contribution in [1.29, 1.82) is 0 Å². The van der Waals surface area contributed by atoms with E-state index in [1.54, 1.807) is 24.3 Å². The fourth-order valence-electron chi connectivity index (χ4n) is 2.06. The van der Waals surface area contributed by atoms with Crippen molar-refractivity contribution >= 4 is 37.9 Å². The number of carbonyl (C=O) groups excluding carboxylic acids is 1. The fraction of sp³-hybridized carbons (Fsp3) is 0.188. The average Bonchev–Trinajstić information content (AvgIpc) is 2.62. The summed E-state index contributed by atoms with van der Waals surface area (Å²) in [5, 5.41) is 11.1. The molecule has 0 unspecified atom stereocenters. The third-order valence-corrected chi connectivity index (χ3v) is 5.19. The lowest BCUT2D eigenvalue weighted by atomic mass is 10.2. The van der Waals surface area contributed by atoms with Gasteiger partial charge in [-0.1, -0.05) is 40.2 Å². The molecule has 0 bridgehead atoms. The summed E-state index contributed by atoms with van der Waals surface area (Å²) >= 11 is 3.27. The van der Waals surface area contributed by atoms with Crippen LogP contribution in [0.2, 0.25) is 0 Å². The van der Waals surface area contributed by atoms with Crippen molar-refractivity contribution in [2.75, 3.05) is 13.7 Å². The van der Waals surface area contributed by atoms with E-state index in [2.05, 4.69) is 20.7 Å². The zero-order chi connectivity index (χ0) is 20.0. The molecule has 0 fully saturated rings. The molecular formula is C16H15BrN2O7S. The fourth-order valence-corrected chi connectivity index (χ4v) is 3.37. The summed E-state index contributed by atoms with van der Waals surface area (Å²) in [6.45, 7) is -0.805. The molecule has 0 N–H and O–H groups in total. The summed E-state index contributed by atoms with van der Waals surface area (Å²) in [6.07, 6.45) is 0. The van der Waals surface area contributed by atoms with Crippen molar-refractivity contribution in [3.05, 3.63) is 68.7 Å². The van der Waals surface area contributed by atoms with E-state index in [0.29, 0.717) is 5.56 Å². The lowest BCUT2D eigenvalue weighted by molar-refractivity contribution is -0.385. The predicted octanol–water partition coefficient (Wildman–Crippen LogP) is 2.66. The number of para-hydroxylation sites is 2. The molecule has 144 valence electrons. The van der Waals surface area contributed by atoms with Gasteiger partial charge in [0.2, 0.25) is 5.75 Å². The Kier molecular flexibility index (Phi) is 6.88. The number of rotatable bonds is 8. The zero-order valence-corrected chi connectivity index (χ0v) is 16.5. The normalized spacial score (nSPS) is 11.2. The van der Waals surface area contributed by atoms with Crippen LogP contribution in [-0.4, -0.2) is 37.3 Å². The maximum Gasteiger partial charge on any atom is 0.386 e. The number of esters is 1. The molecule has 0 aliphatic rings. The first kappa shape index (κ1) is 20.8. The van der Waals surface area contributed by atoms with Crippen molar-refractivity contribution < 1.29 is 27.1 Å². The first-order chi connectivity index (χ1) is 12.7. The van der Waals surface area contributed by atoms with E-state index in [9.17, 15) is 23.3 Å². The van der Waals surface area contributed by atoms with Crippen molar-refractivity contribution in [3.8, 4) is 5.75 Å². The minimum atomic E-state index is -4.53.